The van der Waals surface area contributed by atoms with Crippen LogP contribution in [0, 0.1) is 0 Å². The Labute approximate surface area is 120 Å². The molecule has 1 unspecified atom stereocenters. The van der Waals surface area contributed by atoms with Crippen LogP contribution < -0.4 is 10.1 Å². The summed E-state index contributed by atoms with van der Waals surface area (Å²) >= 11 is 0. The van der Waals surface area contributed by atoms with Crippen molar-refractivity contribution in [3.63, 3.8) is 0 Å². The van der Waals surface area contributed by atoms with Gasteiger partial charge in [0.1, 0.15) is 5.75 Å². The van der Waals surface area contributed by atoms with Crippen molar-refractivity contribution in [2.45, 2.75) is 38.9 Å². The van der Waals surface area contributed by atoms with Gasteiger partial charge in [-0.2, -0.15) is 0 Å². The van der Waals surface area contributed by atoms with Crippen LogP contribution in [0.4, 0.5) is 0 Å². The fraction of sp³-hybridized carbons (Fsp3) is 0.412. The maximum absolute atomic E-state index is 5.77. The summed E-state index contributed by atoms with van der Waals surface area (Å²) in [5.74, 6) is 1.50. The van der Waals surface area contributed by atoms with E-state index in [1.165, 1.54) is 11.3 Å². The van der Waals surface area contributed by atoms with Gasteiger partial charge in [-0.15, -0.1) is 0 Å². The molecule has 106 valence electrons. The minimum absolute atomic E-state index is 0.455. The average Bonchev–Trinajstić information content (AvgIpc) is 3.05. The molecule has 3 heteroatoms. The zero-order valence-corrected chi connectivity index (χ0v) is 12.2. The molecular weight excluding hydrogens is 248 g/mol. The number of para-hydroxylation sites is 1. The Kier molecular flexibility index (Phi) is 3.79. The van der Waals surface area contributed by atoms with E-state index < -0.39 is 0 Å². The highest BCUT2D eigenvalue weighted by Gasteiger charge is 2.24. The van der Waals surface area contributed by atoms with Crippen LogP contribution in [0.5, 0.6) is 5.75 Å². The normalized spacial score (nSPS) is 17.2. The van der Waals surface area contributed by atoms with Crippen LogP contribution in [0.3, 0.4) is 0 Å². The third-order valence-electron chi connectivity index (χ3n) is 3.83. The van der Waals surface area contributed by atoms with Crippen LogP contribution in [0.1, 0.15) is 31.0 Å². The van der Waals surface area contributed by atoms with Crippen LogP contribution in [0.15, 0.2) is 42.6 Å². The van der Waals surface area contributed by atoms with Crippen LogP contribution in [-0.2, 0) is 13.1 Å². The maximum atomic E-state index is 5.77. The molecule has 0 bridgehead atoms. The van der Waals surface area contributed by atoms with Crippen molar-refractivity contribution in [1.29, 1.82) is 0 Å². The summed E-state index contributed by atoms with van der Waals surface area (Å²) < 4.78 is 8.11. The number of benzene rings is 1. The van der Waals surface area contributed by atoms with E-state index in [2.05, 4.69) is 60.3 Å². The zero-order chi connectivity index (χ0) is 13.9. The van der Waals surface area contributed by atoms with Crippen molar-refractivity contribution < 1.29 is 4.74 Å². The summed E-state index contributed by atoms with van der Waals surface area (Å²) in [5.41, 5.74) is 2.67. The van der Waals surface area contributed by atoms with Gasteiger partial charge in [0.25, 0.3) is 0 Å². The van der Waals surface area contributed by atoms with Gasteiger partial charge in [-0.3, -0.25) is 0 Å². The molecule has 3 nitrogen and oxygen atoms in total. The summed E-state index contributed by atoms with van der Waals surface area (Å²) in [6.45, 7) is 7.04. The van der Waals surface area contributed by atoms with E-state index in [0.717, 1.165) is 25.4 Å². The van der Waals surface area contributed by atoms with Gasteiger partial charge in [-0.05, 0) is 18.2 Å². The maximum Gasteiger partial charge on any atom is 0.122 e. The highest BCUT2D eigenvalue weighted by molar-refractivity contribution is 5.39. The third-order valence-corrected chi connectivity index (χ3v) is 3.83. The monoisotopic (exact) mass is 270 g/mol. The second kappa shape index (κ2) is 5.71. The molecule has 1 aliphatic heterocycles. The van der Waals surface area contributed by atoms with Crippen LogP contribution in [0.25, 0.3) is 0 Å². The van der Waals surface area contributed by atoms with Gasteiger partial charge in [0, 0.05) is 42.5 Å². The van der Waals surface area contributed by atoms with Gasteiger partial charge < -0.3 is 14.6 Å². The molecular formula is C17H22N2O. The fourth-order valence-electron chi connectivity index (χ4n) is 2.71. The molecule has 0 spiro atoms. The molecule has 1 N–H and O–H groups in total. The van der Waals surface area contributed by atoms with Gasteiger partial charge in [-0.25, -0.2) is 0 Å². The minimum Gasteiger partial charge on any atom is -0.493 e. The van der Waals surface area contributed by atoms with Crippen LogP contribution in [0.2, 0.25) is 0 Å². The van der Waals surface area contributed by atoms with E-state index in [4.69, 9.17) is 4.74 Å². The van der Waals surface area contributed by atoms with E-state index in [1.54, 1.807) is 0 Å². The molecule has 0 amide bonds. The van der Waals surface area contributed by atoms with E-state index in [-0.39, 0.29) is 0 Å². The molecule has 1 aliphatic rings. The quantitative estimate of drug-likeness (QED) is 0.903. The van der Waals surface area contributed by atoms with E-state index in [0.29, 0.717) is 12.0 Å². The SMILES string of the molecule is CC(C)NCc1cccn1CC1COc2ccccc21. The molecule has 2 heterocycles. The van der Waals surface area contributed by atoms with E-state index in [1.807, 2.05) is 6.07 Å². The van der Waals surface area contributed by atoms with Crippen molar-refractivity contribution in [2.24, 2.45) is 0 Å². The first kappa shape index (κ1) is 13.3. The molecule has 20 heavy (non-hydrogen) atoms. The molecule has 0 saturated heterocycles. The van der Waals surface area contributed by atoms with Gasteiger partial charge in [0.2, 0.25) is 0 Å². The number of ether oxygens (including phenoxy) is 1. The Morgan fingerprint density at radius 3 is 2.95 bits per heavy atom. The van der Waals surface area contributed by atoms with Gasteiger partial charge in [0.15, 0.2) is 0 Å². The second-order valence-corrected chi connectivity index (χ2v) is 5.73. The van der Waals surface area contributed by atoms with Gasteiger partial charge in [0.05, 0.1) is 6.61 Å². The summed E-state index contributed by atoms with van der Waals surface area (Å²) in [5, 5.41) is 3.48. The predicted molar refractivity (Wildman–Crippen MR) is 81.1 cm³/mol. The molecule has 0 fully saturated rings. The molecule has 2 aromatic rings. The molecule has 3 rings (SSSR count). The standard InChI is InChI=1S/C17H22N2O/c1-13(2)18-10-15-6-5-9-19(15)11-14-12-20-17-8-4-3-7-16(14)17/h3-9,13-14,18H,10-12H2,1-2H3. The minimum atomic E-state index is 0.455. The van der Waals surface area contributed by atoms with Crippen molar-refractivity contribution in [3.05, 3.63) is 53.9 Å². The molecule has 1 aromatic heterocycles. The first-order valence-corrected chi connectivity index (χ1v) is 7.33. The Morgan fingerprint density at radius 1 is 1.25 bits per heavy atom. The third kappa shape index (κ3) is 2.73. The Bertz CT molecular complexity index is 574. The van der Waals surface area contributed by atoms with E-state index in [9.17, 15) is 0 Å². The fourth-order valence-corrected chi connectivity index (χ4v) is 2.71. The smallest absolute Gasteiger partial charge is 0.122 e. The average molecular weight is 270 g/mol. The largest absolute Gasteiger partial charge is 0.493 e. The second-order valence-electron chi connectivity index (χ2n) is 5.73. The highest BCUT2D eigenvalue weighted by Crippen LogP contribution is 2.34. The lowest BCUT2D eigenvalue weighted by Crippen LogP contribution is -2.24. The topological polar surface area (TPSA) is 26.2 Å². The number of rotatable bonds is 5. The summed E-state index contributed by atoms with van der Waals surface area (Å²) in [7, 11) is 0. The number of aromatic nitrogens is 1. The molecule has 1 atom stereocenters. The number of nitrogens with one attached hydrogen (secondary N) is 1. The van der Waals surface area contributed by atoms with Crippen molar-refractivity contribution in [2.75, 3.05) is 6.61 Å². The van der Waals surface area contributed by atoms with Crippen molar-refractivity contribution in [1.82, 2.24) is 9.88 Å². The van der Waals surface area contributed by atoms with Crippen molar-refractivity contribution in [3.8, 4) is 5.75 Å². The lowest BCUT2D eigenvalue weighted by atomic mass is 10.0. The summed E-state index contributed by atoms with van der Waals surface area (Å²) in [6, 6.07) is 13.2. The first-order chi connectivity index (χ1) is 9.74. The number of fused-ring (bicyclic) bond motifs is 1. The van der Waals surface area contributed by atoms with Gasteiger partial charge >= 0.3 is 0 Å². The lowest BCUT2D eigenvalue weighted by molar-refractivity contribution is 0.317. The van der Waals surface area contributed by atoms with Gasteiger partial charge in [-0.1, -0.05) is 32.0 Å². The van der Waals surface area contributed by atoms with Crippen LogP contribution >= 0.6 is 0 Å². The number of hydrogen-bond donors (Lipinski definition) is 1. The van der Waals surface area contributed by atoms with E-state index >= 15 is 0 Å². The molecule has 1 aromatic carbocycles. The lowest BCUT2D eigenvalue weighted by Gasteiger charge is -2.15. The zero-order valence-electron chi connectivity index (χ0n) is 12.2. The summed E-state index contributed by atoms with van der Waals surface area (Å²) in [6.07, 6.45) is 2.16. The number of nitrogens with zero attached hydrogens (tertiary/aromatic N) is 1. The molecule has 0 saturated carbocycles. The highest BCUT2D eigenvalue weighted by atomic mass is 16.5. The molecule has 0 radical (unpaired) electrons. The number of hydrogen-bond acceptors (Lipinski definition) is 2. The summed E-state index contributed by atoms with van der Waals surface area (Å²) in [4.78, 5) is 0. The first-order valence-electron chi connectivity index (χ1n) is 7.33. The van der Waals surface area contributed by atoms with Crippen molar-refractivity contribution >= 4 is 0 Å². The Morgan fingerprint density at radius 2 is 2.10 bits per heavy atom. The Hall–Kier alpha value is -1.74. The molecule has 0 aliphatic carbocycles. The Balaban J connectivity index is 1.72. The van der Waals surface area contributed by atoms with Crippen LogP contribution in [-0.4, -0.2) is 17.2 Å². The predicted octanol–water partition coefficient (Wildman–Crippen LogP) is 3.16.